The minimum Gasteiger partial charge on any atom is -0.384 e. The smallest absolute Gasteiger partial charge is 0.170 e. The van der Waals surface area contributed by atoms with Crippen LogP contribution < -0.4 is 5.32 Å². The first-order valence-electron chi connectivity index (χ1n) is 8.62. The lowest BCUT2D eigenvalue weighted by Crippen LogP contribution is -2.48. The second-order valence-electron chi connectivity index (χ2n) is 6.86. The molecule has 3 aliphatic heterocycles. The molecule has 2 fully saturated rings. The molecule has 3 aliphatic rings. The molecular formula is C18H26N2O2. The Morgan fingerprint density at radius 2 is 2.00 bits per heavy atom. The van der Waals surface area contributed by atoms with Gasteiger partial charge in [0.1, 0.15) is 0 Å². The van der Waals surface area contributed by atoms with Crippen molar-refractivity contribution in [1.82, 2.24) is 4.90 Å². The quantitative estimate of drug-likeness (QED) is 0.930. The Bertz CT molecular complexity index is 530. The number of fused-ring (bicyclic) bond motifs is 1. The molecular weight excluding hydrogens is 276 g/mol. The number of hydrogen-bond acceptors (Lipinski definition) is 4. The van der Waals surface area contributed by atoms with Crippen molar-refractivity contribution in [3.8, 4) is 0 Å². The highest BCUT2D eigenvalue weighted by molar-refractivity contribution is 5.56. The lowest BCUT2D eigenvalue weighted by molar-refractivity contribution is -0.187. The molecule has 0 amide bonds. The monoisotopic (exact) mass is 302 g/mol. The highest BCUT2D eigenvalue weighted by atomic mass is 16.7. The summed E-state index contributed by atoms with van der Waals surface area (Å²) in [5, 5.41) is 3.43. The molecule has 0 bridgehead atoms. The number of piperidine rings is 1. The van der Waals surface area contributed by atoms with E-state index in [2.05, 4.69) is 35.3 Å². The Hall–Kier alpha value is -1.10. The lowest BCUT2D eigenvalue weighted by Gasteiger charge is -2.40. The van der Waals surface area contributed by atoms with Crippen molar-refractivity contribution in [2.75, 3.05) is 38.2 Å². The molecule has 1 unspecified atom stereocenters. The number of nitrogens with zero attached hydrogens (tertiary/aromatic N) is 1. The molecule has 4 heteroatoms. The molecule has 1 spiro atoms. The second-order valence-corrected chi connectivity index (χ2v) is 6.86. The van der Waals surface area contributed by atoms with E-state index in [0.29, 0.717) is 6.04 Å². The zero-order valence-corrected chi connectivity index (χ0v) is 13.4. The van der Waals surface area contributed by atoms with E-state index >= 15 is 0 Å². The van der Waals surface area contributed by atoms with E-state index in [1.165, 1.54) is 23.2 Å². The minimum atomic E-state index is -0.255. The van der Waals surface area contributed by atoms with E-state index < -0.39 is 0 Å². The molecule has 4 nitrogen and oxygen atoms in total. The van der Waals surface area contributed by atoms with Crippen molar-refractivity contribution in [2.24, 2.45) is 0 Å². The number of benzene rings is 1. The van der Waals surface area contributed by atoms with Crippen molar-refractivity contribution < 1.29 is 9.47 Å². The molecule has 120 valence electrons. The van der Waals surface area contributed by atoms with Crippen LogP contribution in [0.4, 0.5) is 5.69 Å². The largest absolute Gasteiger partial charge is 0.384 e. The Morgan fingerprint density at radius 3 is 2.77 bits per heavy atom. The normalized spacial score (nSPS) is 25.1. The third-order valence-electron chi connectivity index (χ3n) is 5.41. The SMILES string of the molecule is CC(Cc1ccc2c(c1)CCN2)N1CCC2(CC1)OCCO2. The highest BCUT2D eigenvalue weighted by Crippen LogP contribution is 2.32. The van der Waals surface area contributed by atoms with Gasteiger partial charge in [0.2, 0.25) is 0 Å². The predicted molar refractivity (Wildman–Crippen MR) is 87.2 cm³/mol. The van der Waals surface area contributed by atoms with Crippen molar-refractivity contribution in [1.29, 1.82) is 0 Å². The van der Waals surface area contributed by atoms with Crippen molar-refractivity contribution in [2.45, 2.75) is 44.4 Å². The van der Waals surface area contributed by atoms with Crippen molar-refractivity contribution in [3.05, 3.63) is 29.3 Å². The van der Waals surface area contributed by atoms with Crippen molar-refractivity contribution in [3.63, 3.8) is 0 Å². The predicted octanol–water partition coefficient (Wildman–Crippen LogP) is 2.42. The summed E-state index contributed by atoms with van der Waals surface area (Å²) in [5.41, 5.74) is 4.27. The van der Waals surface area contributed by atoms with Crippen LogP contribution in [0.15, 0.2) is 18.2 Å². The van der Waals surface area contributed by atoms with E-state index in [9.17, 15) is 0 Å². The second kappa shape index (κ2) is 5.84. The van der Waals surface area contributed by atoms with E-state index in [1.807, 2.05) is 0 Å². The van der Waals surface area contributed by atoms with Gasteiger partial charge in [0.15, 0.2) is 5.79 Å². The van der Waals surface area contributed by atoms with Gasteiger partial charge in [-0.2, -0.15) is 0 Å². The molecule has 4 rings (SSSR count). The van der Waals surface area contributed by atoms with Gasteiger partial charge >= 0.3 is 0 Å². The Morgan fingerprint density at radius 1 is 1.23 bits per heavy atom. The number of likely N-dealkylation sites (tertiary alicyclic amines) is 1. The maximum Gasteiger partial charge on any atom is 0.170 e. The number of ether oxygens (including phenoxy) is 2. The van der Waals surface area contributed by atoms with E-state index in [0.717, 1.165) is 52.1 Å². The van der Waals surface area contributed by atoms with Gasteiger partial charge in [-0.05, 0) is 37.0 Å². The fourth-order valence-electron chi connectivity index (χ4n) is 4.05. The topological polar surface area (TPSA) is 33.7 Å². The molecule has 1 atom stereocenters. The van der Waals surface area contributed by atoms with Crippen LogP contribution in [0, 0.1) is 0 Å². The van der Waals surface area contributed by atoms with Crippen LogP contribution in [0.1, 0.15) is 30.9 Å². The molecule has 22 heavy (non-hydrogen) atoms. The number of rotatable bonds is 3. The Labute approximate surface area is 132 Å². The van der Waals surface area contributed by atoms with Crippen LogP contribution >= 0.6 is 0 Å². The first kappa shape index (κ1) is 14.5. The van der Waals surface area contributed by atoms with Gasteiger partial charge in [-0.25, -0.2) is 0 Å². The summed E-state index contributed by atoms with van der Waals surface area (Å²) in [6.07, 6.45) is 4.30. The molecule has 0 radical (unpaired) electrons. The summed E-state index contributed by atoms with van der Waals surface area (Å²) in [6, 6.07) is 7.49. The van der Waals surface area contributed by atoms with Gasteiger partial charge in [-0.1, -0.05) is 12.1 Å². The molecule has 1 aromatic rings. The van der Waals surface area contributed by atoms with Gasteiger partial charge in [-0.15, -0.1) is 0 Å². The molecule has 0 saturated carbocycles. The zero-order valence-electron chi connectivity index (χ0n) is 13.4. The average molecular weight is 302 g/mol. The summed E-state index contributed by atoms with van der Waals surface area (Å²) in [6.45, 7) is 7.11. The number of nitrogens with one attached hydrogen (secondary N) is 1. The molecule has 2 saturated heterocycles. The van der Waals surface area contributed by atoms with Crippen LogP contribution in [0.2, 0.25) is 0 Å². The number of anilines is 1. The molecule has 0 aromatic heterocycles. The van der Waals surface area contributed by atoms with Crippen molar-refractivity contribution >= 4 is 5.69 Å². The van der Waals surface area contributed by atoms with E-state index in [4.69, 9.17) is 9.47 Å². The third-order valence-corrected chi connectivity index (χ3v) is 5.41. The van der Waals surface area contributed by atoms with Crippen LogP contribution in [-0.2, 0) is 22.3 Å². The summed E-state index contributed by atoms with van der Waals surface area (Å²) >= 11 is 0. The minimum absolute atomic E-state index is 0.255. The van der Waals surface area contributed by atoms with Gasteiger partial charge in [0.25, 0.3) is 0 Å². The van der Waals surface area contributed by atoms with Gasteiger partial charge in [0, 0.05) is 44.2 Å². The maximum atomic E-state index is 5.82. The average Bonchev–Trinajstić information content (AvgIpc) is 3.17. The molecule has 3 heterocycles. The summed E-state index contributed by atoms with van der Waals surface area (Å²) in [4.78, 5) is 2.59. The fraction of sp³-hybridized carbons (Fsp3) is 0.667. The fourth-order valence-corrected chi connectivity index (χ4v) is 4.05. The van der Waals surface area contributed by atoms with Gasteiger partial charge in [-0.3, -0.25) is 4.90 Å². The van der Waals surface area contributed by atoms with E-state index in [1.54, 1.807) is 0 Å². The standard InChI is InChI=1S/C18H26N2O2/c1-14(12-15-2-3-17-16(13-15)4-7-19-17)20-8-5-18(6-9-20)21-10-11-22-18/h2-3,13-14,19H,4-12H2,1H3. The maximum absolute atomic E-state index is 5.82. The first-order chi connectivity index (χ1) is 10.7. The number of hydrogen-bond donors (Lipinski definition) is 1. The van der Waals surface area contributed by atoms with Crippen LogP contribution in [0.25, 0.3) is 0 Å². The van der Waals surface area contributed by atoms with Crippen LogP contribution in [0.5, 0.6) is 0 Å². The van der Waals surface area contributed by atoms with Gasteiger partial charge in [0.05, 0.1) is 13.2 Å². The molecule has 0 aliphatic carbocycles. The van der Waals surface area contributed by atoms with Crippen LogP contribution in [-0.4, -0.2) is 49.6 Å². The molecule has 1 N–H and O–H groups in total. The van der Waals surface area contributed by atoms with Gasteiger partial charge < -0.3 is 14.8 Å². The lowest BCUT2D eigenvalue weighted by atomic mass is 9.98. The Kier molecular flexibility index (Phi) is 3.84. The third kappa shape index (κ3) is 2.75. The van der Waals surface area contributed by atoms with Crippen LogP contribution in [0.3, 0.4) is 0 Å². The molecule has 1 aromatic carbocycles. The summed E-state index contributed by atoms with van der Waals surface area (Å²) < 4.78 is 11.6. The highest BCUT2D eigenvalue weighted by Gasteiger charge is 2.40. The first-order valence-corrected chi connectivity index (χ1v) is 8.62. The van der Waals surface area contributed by atoms with E-state index in [-0.39, 0.29) is 5.79 Å². The summed E-state index contributed by atoms with van der Waals surface area (Å²) in [7, 11) is 0. The summed E-state index contributed by atoms with van der Waals surface area (Å²) in [5.74, 6) is -0.255. The zero-order chi connectivity index (χ0) is 15.0. The Balaban J connectivity index is 1.35.